The molecule has 0 radical (unpaired) electrons. The van der Waals surface area contributed by atoms with Gasteiger partial charge in [-0.3, -0.25) is 29.3 Å². The van der Waals surface area contributed by atoms with Crippen molar-refractivity contribution in [2.75, 3.05) is 6.61 Å². The topological polar surface area (TPSA) is 170 Å². The predicted molar refractivity (Wildman–Crippen MR) is 128 cm³/mol. The highest BCUT2D eigenvalue weighted by Gasteiger charge is 2.25. The first kappa shape index (κ1) is 23.7. The number of rotatable bonds is 7. The normalized spacial score (nSPS) is 14.3. The zero-order valence-electron chi connectivity index (χ0n) is 18.0. The van der Waals surface area contributed by atoms with Crippen LogP contribution in [0.1, 0.15) is 33.7 Å². The SMILES string of the molecule is NC(=O)c1cc(=O)n(C(=O)CCCOc2ccc(C=C3SC(=O)NC3=O)c3ccccc23)c(=O)[nH]1. The Morgan fingerprint density at radius 3 is 2.46 bits per heavy atom. The molecular formula is C23H18N4O7S. The number of aromatic amines is 1. The summed E-state index contributed by atoms with van der Waals surface area (Å²) in [6.07, 6.45) is 1.69. The molecule has 0 unspecified atom stereocenters. The quantitative estimate of drug-likeness (QED) is 0.328. The van der Waals surface area contributed by atoms with E-state index in [-0.39, 0.29) is 25.1 Å². The number of thioether (sulfide) groups is 1. The molecule has 2 heterocycles. The lowest BCUT2D eigenvalue weighted by molar-refractivity contribution is -0.115. The van der Waals surface area contributed by atoms with Crippen molar-refractivity contribution in [3.05, 3.63) is 79.5 Å². The number of nitrogens with one attached hydrogen (secondary N) is 2. The average Bonchev–Trinajstić information content (AvgIpc) is 3.13. The van der Waals surface area contributed by atoms with E-state index >= 15 is 0 Å². The average molecular weight is 494 g/mol. The van der Waals surface area contributed by atoms with Crippen molar-refractivity contribution >= 4 is 51.6 Å². The second-order valence-electron chi connectivity index (χ2n) is 7.42. The van der Waals surface area contributed by atoms with E-state index in [2.05, 4.69) is 10.3 Å². The highest BCUT2D eigenvalue weighted by Crippen LogP contribution is 2.32. The summed E-state index contributed by atoms with van der Waals surface area (Å²) >= 11 is 0.830. The van der Waals surface area contributed by atoms with Gasteiger partial charge in [-0.05, 0) is 41.3 Å². The van der Waals surface area contributed by atoms with Gasteiger partial charge in [0.25, 0.3) is 22.6 Å². The molecular weight excluding hydrogens is 476 g/mol. The van der Waals surface area contributed by atoms with E-state index in [1.54, 1.807) is 18.2 Å². The van der Waals surface area contributed by atoms with Crippen molar-refractivity contribution in [3.63, 3.8) is 0 Å². The van der Waals surface area contributed by atoms with Crippen molar-refractivity contribution in [1.29, 1.82) is 0 Å². The molecule has 178 valence electrons. The van der Waals surface area contributed by atoms with Gasteiger partial charge in [0.05, 0.1) is 11.5 Å². The lowest BCUT2D eigenvalue weighted by Crippen LogP contribution is -2.41. The van der Waals surface area contributed by atoms with Crippen molar-refractivity contribution in [3.8, 4) is 5.75 Å². The Morgan fingerprint density at radius 2 is 1.80 bits per heavy atom. The molecule has 1 aromatic heterocycles. The number of H-pyrrole nitrogens is 1. The number of fused-ring (bicyclic) bond motifs is 1. The van der Waals surface area contributed by atoms with E-state index in [1.165, 1.54) is 0 Å². The zero-order chi connectivity index (χ0) is 25.1. The van der Waals surface area contributed by atoms with Gasteiger partial charge in [-0.15, -0.1) is 0 Å². The van der Waals surface area contributed by atoms with E-state index in [1.807, 2.05) is 24.3 Å². The third-order valence-electron chi connectivity index (χ3n) is 5.09. The Kier molecular flexibility index (Phi) is 6.64. The number of carbonyl (C=O) groups excluding carboxylic acids is 4. The van der Waals surface area contributed by atoms with Crippen molar-refractivity contribution < 1.29 is 23.9 Å². The van der Waals surface area contributed by atoms with E-state index in [0.29, 0.717) is 15.2 Å². The summed E-state index contributed by atoms with van der Waals surface area (Å²) in [5.74, 6) is -1.64. The largest absolute Gasteiger partial charge is 0.493 e. The van der Waals surface area contributed by atoms with Gasteiger partial charge in [0.2, 0.25) is 5.91 Å². The van der Waals surface area contributed by atoms with Crippen LogP contribution in [0, 0.1) is 0 Å². The second-order valence-corrected chi connectivity index (χ2v) is 8.44. The Balaban J connectivity index is 1.46. The second kappa shape index (κ2) is 9.81. The summed E-state index contributed by atoms with van der Waals surface area (Å²) in [5, 5.41) is 3.36. The summed E-state index contributed by atoms with van der Waals surface area (Å²) < 4.78 is 6.24. The predicted octanol–water partition coefficient (Wildman–Crippen LogP) is 1.61. The molecule has 0 bridgehead atoms. The molecule has 1 fully saturated rings. The van der Waals surface area contributed by atoms with Gasteiger partial charge in [-0.1, -0.05) is 30.3 Å². The first-order valence-electron chi connectivity index (χ1n) is 10.3. The van der Waals surface area contributed by atoms with Gasteiger partial charge in [-0.25, -0.2) is 4.79 Å². The Bertz CT molecular complexity index is 1510. The lowest BCUT2D eigenvalue weighted by atomic mass is 10.0. The Hall–Kier alpha value is -4.45. The van der Waals surface area contributed by atoms with Gasteiger partial charge < -0.3 is 15.5 Å². The molecule has 2 aromatic carbocycles. The molecule has 1 aliphatic heterocycles. The molecule has 1 saturated heterocycles. The number of carbonyl (C=O) groups is 4. The highest BCUT2D eigenvalue weighted by molar-refractivity contribution is 8.18. The first-order valence-corrected chi connectivity index (χ1v) is 11.1. The lowest BCUT2D eigenvalue weighted by Gasteiger charge is -2.11. The van der Waals surface area contributed by atoms with E-state index in [0.717, 1.165) is 34.2 Å². The van der Waals surface area contributed by atoms with Crippen LogP contribution in [-0.4, -0.2) is 39.1 Å². The van der Waals surface area contributed by atoms with E-state index in [4.69, 9.17) is 10.5 Å². The van der Waals surface area contributed by atoms with Gasteiger partial charge in [0, 0.05) is 17.9 Å². The maximum atomic E-state index is 12.4. The van der Waals surface area contributed by atoms with Crippen LogP contribution in [0.3, 0.4) is 0 Å². The molecule has 11 nitrogen and oxygen atoms in total. The van der Waals surface area contributed by atoms with Crippen molar-refractivity contribution in [1.82, 2.24) is 14.9 Å². The van der Waals surface area contributed by atoms with Gasteiger partial charge in [0.1, 0.15) is 11.4 Å². The fourth-order valence-electron chi connectivity index (χ4n) is 3.49. The molecule has 12 heteroatoms. The Morgan fingerprint density at radius 1 is 1.06 bits per heavy atom. The Labute approximate surface area is 201 Å². The van der Waals surface area contributed by atoms with Crippen LogP contribution in [0.15, 0.2) is 57.0 Å². The number of aromatic nitrogens is 2. The summed E-state index contributed by atoms with van der Waals surface area (Å²) in [6.45, 7) is 0.120. The molecule has 4 rings (SSSR count). The van der Waals surface area contributed by atoms with Crippen molar-refractivity contribution in [2.45, 2.75) is 12.8 Å². The number of nitrogens with zero attached hydrogens (tertiary/aromatic N) is 1. The number of imide groups is 1. The molecule has 4 N–H and O–H groups in total. The van der Waals surface area contributed by atoms with Crippen LogP contribution in [0.4, 0.5) is 4.79 Å². The summed E-state index contributed by atoms with van der Waals surface area (Å²) in [4.78, 5) is 73.2. The standard InChI is InChI=1S/C23H18N4O7S/c24-20(30)15-11-19(29)27(22(32)25-15)18(28)6-3-9-34-16-8-7-12(13-4-1-2-5-14(13)16)10-17-21(31)26-23(33)35-17/h1-2,4-5,7-8,10-11H,3,6,9H2,(H2,24,30)(H,25,32)(H,26,31,33). The number of benzene rings is 2. The number of hydrogen-bond acceptors (Lipinski definition) is 8. The number of hydrogen-bond donors (Lipinski definition) is 3. The molecule has 3 amide bonds. The summed E-state index contributed by atoms with van der Waals surface area (Å²) in [7, 11) is 0. The molecule has 3 aromatic rings. The maximum absolute atomic E-state index is 12.4. The minimum absolute atomic E-state index is 0.120. The smallest absolute Gasteiger partial charge is 0.335 e. The first-order chi connectivity index (χ1) is 16.7. The van der Waals surface area contributed by atoms with Crippen LogP contribution in [0.25, 0.3) is 16.8 Å². The highest BCUT2D eigenvalue weighted by atomic mass is 32.2. The number of ether oxygens (including phenoxy) is 1. The van der Waals surface area contributed by atoms with Gasteiger partial charge >= 0.3 is 5.69 Å². The van der Waals surface area contributed by atoms with Crippen LogP contribution >= 0.6 is 11.8 Å². The van der Waals surface area contributed by atoms with Crippen molar-refractivity contribution in [2.24, 2.45) is 5.73 Å². The molecule has 0 saturated carbocycles. The number of primary amides is 1. The van der Waals surface area contributed by atoms with Crippen LogP contribution < -0.4 is 27.0 Å². The van der Waals surface area contributed by atoms with E-state index in [9.17, 15) is 28.8 Å². The minimum Gasteiger partial charge on any atom is -0.493 e. The monoisotopic (exact) mass is 494 g/mol. The molecule has 0 atom stereocenters. The van der Waals surface area contributed by atoms with Gasteiger partial charge in [-0.2, -0.15) is 4.57 Å². The molecule has 0 aliphatic carbocycles. The van der Waals surface area contributed by atoms with E-state index < -0.39 is 34.2 Å². The third-order valence-corrected chi connectivity index (χ3v) is 5.90. The summed E-state index contributed by atoms with van der Waals surface area (Å²) in [5.41, 5.74) is 3.41. The van der Waals surface area contributed by atoms with Crippen LogP contribution in [-0.2, 0) is 4.79 Å². The fourth-order valence-corrected chi connectivity index (χ4v) is 4.16. The summed E-state index contributed by atoms with van der Waals surface area (Å²) in [6, 6.07) is 11.6. The number of nitrogens with two attached hydrogens (primary N) is 1. The van der Waals surface area contributed by atoms with Crippen LogP contribution in [0.2, 0.25) is 0 Å². The van der Waals surface area contributed by atoms with Crippen LogP contribution in [0.5, 0.6) is 5.75 Å². The third kappa shape index (κ3) is 5.06. The molecule has 1 aliphatic rings. The maximum Gasteiger partial charge on any atom is 0.335 e. The zero-order valence-corrected chi connectivity index (χ0v) is 18.8. The molecule has 0 spiro atoms. The molecule has 35 heavy (non-hydrogen) atoms. The van der Waals surface area contributed by atoms with Gasteiger partial charge in [0.15, 0.2) is 0 Å². The number of amides is 3. The fraction of sp³-hybridized carbons (Fsp3) is 0.130. The minimum atomic E-state index is -1.04.